The Morgan fingerprint density at radius 1 is 1.28 bits per heavy atom. The summed E-state index contributed by atoms with van der Waals surface area (Å²) >= 11 is 5.77. The van der Waals surface area contributed by atoms with Crippen molar-refractivity contribution in [2.24, 2.45) is 0 Å². The molecular weight excluding hydrogens is 254 g/mol. The topological polar surface area (TPSA) is 46.6 Å². The van der Waals surface area contributed by atoms with Crippen LogP contribution in [0.15, 0.2) is 24.3 Å². The van der Waals surface area contributed by atoms with Gasteiger partial charge in [0, 0.05) is 18.1 Å². The zero-order chi connectivity index (χ0) is 13.0. The Hall–Kier alpha value is -1.55. The second-order valence-electron chi connectivity index (χ2n) is 4.17. The molecule has 96 valence electrons. The molecule has 1 saturated heterocycles. The summed E-state index contributed by atoms with van der Waals surface area (Å²) in [6.07, 6.45) is 2.04. The summed E-state index contributed by atoms with van der Waals surface area (Å²) in [6, 6.07) is 6.47. The number of carbonyl (C=O) groups is 2. The summed E-state index contributed by atoms with van der Waals surface area (Å²) in [5.74, 6) is -0.659. The fourth-order valence-electron chi connectivity index (χ4n) is 1.88. The maximum absolute atomic E-state index is 11.7. The van der Waals surface area contributed by atoms with Crippen molar-refractivity contribution in [1.29, 1.82) is 0 Å². The SMILES string of the molecule is O=C(OCC(=O)N1CCCC1)c1cccc(Cl)c1. The van der Waals surface area contributed by atoms with E-state index in [2.05, 4.69) is 0 Å². The third-order valence-corrected chi connectivity index (χ3v) is 3.08. The molecule has 1 heterocycles. The number of esters is 1. The van der Waals surface area contributed by atoms with Gasteiger partial charge in [0.1, 0.15) is 0 Å². The van der Waals surface area contributed by atoms with Gasteiger partial charge in [0.25, 0.3) is 5.91 Å². The van der Waals surface area contributed by atoms with Crippen molar-refractivity contribution in [2.75, 3.05) is 19.7 Å². The molecule has 1 amide bonds. The second-order valence-corrected chi connectivity index (χ2v) is 4.61. The van der Waals surface area contributed by atoms with Gasteiger partial charge in [-0.15, -0.1) is 0 Å². The highest BCUT2D eigenvalue weighted by Gasteiger charge is 2.19. The van der Waals surface area contributed by atoms with Gasteiger partial charge >= 0.3 is 5.97 Å². The van der Waals surface area contributed by atoms with Crippen LogP contribution in [-0.4, -0.2) is 36.5 Å². The number of likely N-dealkylation sites (tertiary alicyclic amines) is 1. The monoisotopic (exact) mass is 267 g/mol. The normalized spacial score (nSPS) is 14.6. The van der Waals surface area contributed by atoms with Gasteiger partial charge in [0.05, 0.1) is 5.56 Å². The van der Waals surface area contributed by atoms with E-state index in [1.165, 1.54) is 6.07 Å². The summed E-state index contributed by atoms with van der Waals surface area (Å²) in [7, 11) is 0. The molecule has 0 atom stereocenters. The number of hydrogen-bond acceptors (Lipinski definition) is 3. The molecule has 0 bridgehead atoms. The van der Waals surface area contributed by atoms with Crippen molar-refractivity contribution in [3.05, 3.63) is 34.9 Å². The molecule has 1 aliphatic rings. The molecule has 0 saturated carbocycles. The van der Waals surface area contributed by atoms with Crippen molar-refractivity contribution >= 4 is 23.5 Å². The largest absolute Gasteiger partial charge is 0.452 e. The number of ether oxygens (including phenoxy) is 1. The van der Waals surface area contributed by atoms with Crippen molar-refractivity contribution < 1.29 is 14.3 Å². The van der Waals surface area contributed by atoms with Crippen molar-refractivity contribution in [3.8, 4) is 0 Å². The van der Waals surface area contributed by atoms with E-state index in [0.29, 0.717) is 10.6 Å². The summed E-state index contributed by atoms with van der Waals surface area (Å²) in [5, 5.41) is 0.468. The fourth-order valence-corrected chi connectivity index (χ4v) is 2.07. The summed E-state index contributed by atoms with van der Waals surface area (Å²) in [4.78, 5) is 25.0. The molecule has 5 heteroatoms. The molecule has 1 aliphatic heterocycles. The molecular formula is C13H14ClNO3. The van der Waals surface area contributed by atoms with Gasteiger partial charge in [0.15, 0.2) is 6.61 Å². The highest BCUT2D eigenvalue weighted by Crippen LogP contribution is 2.12. The lowest BCUT2D eigenvalue weighted by atomic mass is 10.2. The quantitative estimate of drug-likeness (QED) is 0.788. The average molecular weight is 268 g/mol. The second kappa shape index (κ2) is 5.87. The first-order valence-corrected chi connectivity index (χ1v) is 6.25. The van der Waals surface area contributed by atoms with Crippen LogP contribution in [0.2, 0.25) is 5.02 Å². The predicted octanol–water partition coefficient (Wildman–Crippen LogP) is 2.12. The molecule has 0 unspecified atom stereocenters. The van der Waals surface area contributed by atoms with E-state index in [0.717, 1.165) is 25.9 Å². The van der Waals surface area contributed by atoms with Crippen LogP contribution in [-0.2, 0) is 9.53 Å². The number of nitrogens with zero attached hydrogens (tertiary/aromatic N) is 1. The maximum atomic E-state index is 11.7. The Labute approximate surface area is 110 Å². The lowest BCUT2D eigenvalue weighted by Gasteiger charge is -2.14. The van der Waals surface area contributed by atoms with Gasteiger partial charge in [0.2, 0.25) is 0 Å². The molecule has 2 rings (SSSR count). The van der Waals surface area contributed by atoms with Gasteiger partial charge in [-0.1, -0.05) is 17.7 Å². The van der Waals surface area contributed by atoms with Crippen LogP contribution in [0.3, 0.4) is 0 Å². The van der Waals surface area contributed by atoms with Crippen molar-refractivity contribution in [3.63, 3.8) is 0 Å². The Morgan fingerprint density at radius 2 is 2.00 bits per heavy atom. The Kier molecular flexibility index (Phi) is 4.20. The van der Waals surface area contributed by atoms with E-state index in [9.17, 15) is 9.59 Å². The van der Waals surface area contributed by atoms with Crippen LogP contribution in [0, 0.1) is 0 Å². The van der Waals surface area contributed by atoms with Gasteiger partial charge in [-0.25, -0.2) is 4.79 Å². The predicted molar refractivity (Wildman–Crippen MR) is 67.5 cm³/mol. The van der Waals surface area contributed by atoms with E-state index in [-0.39, 0.29) is 12.5 Å². The first-order chi connectivity index (χ1) is 8.66. The molecule has 0 aromatic heterocycles. The summed E-state index contributed by atoms with van der Waals surface area (Å²) in [6.45, 7) is 1.31. The summed E-state index contributed by atoms with van der Waals surface area (Å²) in [5.41, 5.74) is 0.358. The van der Waals surface area contributed by atoms with E-state index in [1.807, 2.05) is 0 Å². The average Bonchev–Trinajstić information content (AvgIpc) is 2.89. The minimum Gasteiger partial charge on any atom is -0.452 e. The Morgan fingerprint density at radius 3 is 2.67 bits per heavy atom. The molecule has 18 heavy (non-hydrogen) atoms. The zero-order valence-electron chi connectivity index (χ0n) is 9.89. The number of carbonyl (C=O) groups excluding carboxylic acids is 2. The number of halogens is 1. The first kappa shape index (κ1) is 12.9. The van der Waals surface area contributed by atoms with Crippen LogP contribution in [0.4, 0.5) is 0 Å². The van der Waals surface area contributed by atoms with E-state index < -0.39 is 5.97 Å². The van der Waals surface area contributed by atoms with Crippen LogP contribution < -0.4 is 0 Å². The van der Waals surface area contributed by atoms with Crippen LogP contribution in [0.1, 0.15) is 23.2 Å². The van der Waals surface area contributed by atoms with Gasteiger partial charge < -0.3 is 9.64 Å². The van der Waals surface area contributed by atoms with Crippen LogP contribution >= 0.6 is 11.6 Å². The van der Waals surface area contributed by atoms with Crippen molar-refractivity contribution in [2.45, 2.75) is 12.8 Å². The molecule has 0 N–H and O–H groups in total. The lowest BCUT2D eigenvalue weighted by Crippen LogP contribution is -2.32. The van der Waals surface area contributed by atoms with Gasteiger partial charge in [-0.05, 0) is 31.0 Å². The third-order valence-electron chi connectivity index (χ3n) is 2.85. The number of rotatable bonds is 3. The minimum absolute atomic E-state index is 0.136. The lowest BCUT2D eigenvalue weighted by molar-refractivity contribution is -0.133. The van der Waals surface area contributed by atoms with Crippen LogP contribution in [0.25, 0.3) is 0 Å². The smallest absolute Gasteiger partial charge is 0.338 e. The summed E-state index contributed by atoms with van der Waals surface area (Å²) < 4.78 is 4.97. The molecule has 0 aliphatic carbocycles. The third kappa shape index (κ3) is 3.23. The number of benzene rings is 1. The van der Waals surface area contributed by atoms with Gasteiger partial charge in [-0.2, -0.15) is 0 Å². The maximum Gasteiger partial charge on any atom is 0.338 e. The highest BCUT2D eigenvalue weighted by molar-refractivity contribution is 6.30. The van der Waals surface area contributed by atoms with Crippen molar-refractivity contribution in [1.82, 2.24) is 4.90 Å². The van der Waals surface area contributed by atoms with E-state index in [4.69, 9.17) is 16.3 Å². The Balaban J connectivity index is 1.86. The fraction of sp³-hybridized carbons (Fsp3) is 0.385. The molecule has 1 aromatic rings. The Bertz CT molecular complexity index is 455. The molecule has 1 fully saturated rings. The van der Waals surface area contributed by atoms with E-state index >= 15 is 0 Å². The number of amides is 1. The number of hydrogen-bond donors (Lipinski definition) is 0. The minimum atomic E-state index is -0.523. The zero-order valence-corrected chi connectivity index (χ0v) is 10.7. The highest BCUT2D eigenvalue weighted by atomic mass is 35.5. The van der Waals surface area contributed by atoms with Gasteiger partial charge in [-0.3, -0.25) is 4.79 Å². The molecule has 0 radical (unpaired) electrons. The molecule has 4 nitrogen and oxygen atoms in total. The molecule has 0 spiro atoms. The standard InChI is InChI=1S/C13H14ClNO3/c14-11-5-3-4-10(8-11)13(17)18-9-12(16)15-6-1-2-7-15/h3-5,8H,1-2,6-7,9H2. The van der Waals surface area contributed by atoms with Crippen LogP contribution in [0.5, 0.6) is 0 Å². The van der Waals surface area contributed by atoms with E-state index in [1.54, 1.807) is 23.1 Å². The molecule has 1 aromatic carbocycles. The first-order valence-electron chi connectivity index (χ1n) is 5.87.